The highest BCUT2D eigenvalue weighted by molar-refractivity contribution is 7.89. The normalized spacial score (nSPS) is 20.9. The van der Waals surface area contributed by atoms with E-state index in [0.29, 0.717) is 30.8 Å². The molecule has 1 amide bonds. The third-order valence-corrected chi connectivity index (χ3v) is 8.96. The topological polar surface area (TPSA) is 71.4 Å². The maximum Gasteiger partial charge on any atom is 0.243 e. The molecule has 160 valence electrons. The van der Waals surface area contributed by atoms with Crippen molar-refractivity contribution < 1.29 is 13.2 Å². The van der Waals surface area contributed by atoms with Crippen molar-refractivity contribution >= 4 is 32.5 Å². The lowest BCUT2D eigenvalue weighted by Crippen LogP contribution is -2.43. The van der Waals surface area contributed by atoms with E-state index in [4.69, 9.17) is 0 Å². The van der Waals surface area contributed by atoms with E-state index in [2.05, 4.69) is 35.0 Å². The summed E-state index contributed by atoms with van der Waals surface area (Å²) in [5.74, 6) is -0.0167. The lowest BCUT2D eigenvalue weighted by molar-refractivity contribution is -0.116. The highest BCUT2D eigenvalue weighted by atomic mass is 32.2. The second kappa shape index (κ2) is 6.68. The Bertz CT molecular complexity index is 1360. The van der Waals surface area contributed by atoms with Crippen molar-refractivity contribution in [3.8, 4) is 0 Å². The number of hydrogen-bond donors (Lipinski definition) is 1. The molecule has 0 fully saturated rings. The first kappa shape index (κ1) is 19.1. The zero-order valence-electron chi connectivity index (χ0n) is 17.5. The third-order valence-electron chi connectivity index (χ3n) is 7.06. The van der Waals surface area contributed by atoms with Crippen LogP contribution in [0.1, 0.15) is 47.7 Å². The first-order valence-electron chi connectivity index (χ1n) is 11.0. The van der Waals surface area contributed by atoms with Crippen LogP contribution in [-0.2, 0) is 34.2 Å². The summed E-state index contributed by atoms with van der Waals surface area (Å²) in [6.07, 6.45) is 3.82. The van der Waals surface area contributed by atoms with Gasteiger partial charge in [0.15, 0.2) is 0 Å². The summed E-state index contributed by atoms with van der Waals surface area (Å²) >= 11 is 0. The second-order valence-corrected chi connectivity index (χ2v) is 10.8. The van der Waals surface area contributed by atoms with Crippen LogP contribution in [0.2, 0.25) is 0 Å². The number of anilines is 1. The van der Waals surface area contributed by atoms with Gasteiger partial charge in [0, 0.05) is 41.8 Å². The molecular formula is C24H25N3O3S. The molecule has 3 heterocycles. The van der Waals surface area contributed by atoms with Gasteiger partial charge in [-0.15, -0.1) is 0 Å². The number of amides is 1. The van der Waals surface area contributed by atoms with E-state index in [1.807, 2.05) is 0 Å². The Morgan fingerprint density at radius 2 is 1.90 bits per heavy atom. The summed E-state index contributed by atoms with van der Waals surface area (Å²) in [4.78, 5) is 12.0. The molecule has 6 rings (SSSR count). The molecule has 0 saturated carbocycles. The van der Waals surface area contributed by atoms with Crippen LogP contribution < -0.4 is 5.32 Å². The van der Waals surface area contributed by atoms with Gasteiger partial charge in [0.25, 0.3) is 0 Å². The van der Waals surface area contributed by atoms with Crippen LogP contribution in [0.15, 0.2) is 41.3 Å². The van der Waals surface area contributed by atoms with E-state index in [1.54, 1.807) is 22.5 Å². The fourth-order valence-electron chi connectivity index (χ4n) is 5.63. The number of aromatic nitrogens is 1. The number of nitrogens with zero attached hydrogens (tertiary/aromatic N) is 2. The van der Waals surface area contributed by atoms with Crippen molar-refractivity contribution in [2.45, 2.75) is 56.5 Å². The molecule has 2 aliphatic heterocycles. The monoisotopic (exact) mass is 435 g/mol. The fourth-order valence-corrected chi connectivity index (χ4v) is 7.29. The number of hydrogen-bond acceptors (Lipinski definition) is 3. The maximum absolute atomic E-state index is 13.8. The summed E-state index contributed by atoms with van der Waals surface area (Å²) in [6, 6.07) is 11.6. The molecule has 0 bridgehead atoms. The largest absolute Gasteiger partial charge is 0.341 e. The standard InChI is InChI=1S/C24H25N3O3S/c1-15-5-9-21-19(13-15)18-3-2-4-22-24(18)26(21)11-12-27(22)31(29,30)17-7-8-20-16(14-17)6-10-23(28)25-20/h5,7-9,13-14,22H,2-4,6,10-12H2,1H3,(H,25,28)/t22-/m1/s1. The van der Waals surface area contributed by atoms with Crippen molar-refractivity contribution in [3.05, 3.63) is 58.8 Å². The number of carbonyl (C=O) groups excluding carboxylic acids is 1. The molecule has 0 unspecified atom stereocenters. The van der Waals surface area contributed by atoms with E-state index in [-0.39, 0.29) is 11.9 Å². The van der Waals surface area contributed by atoms with E-state index >= 15 is 0 Å². The zero-order chi connectivity index (χ0) is 21.3. The van der Waals surface area contributed by atoms with Crippen LogP contribution in [-0.4, -0.2) is 29.7 Å². The van der Waals surface area contributed by atoms with Crippen molar-refractivity contribution in [1.29, 1.82) is 0 Å². The molecule has 1 N–H and O–H groups in total. The van der Waals surface area contributed by atoms with Gasteiger partial charge in [0.05, 0.1) is 10.9 Å². The van der Waals surface area contributed by atoms with Gasteiger partial charge >= 0.3 is 0 Å². The number of aryl methyl sites for hydroxylation is 3. The van der Waals surface area contributed by atoms with E-state index in [9.17, 15) is 13.2 Å². The van der Waals surface area contributed by atoms with Crippen LogP contribution in [0.5, 0.6) is 0 Å². The van der Waals surface area contributed by atoms with Crippen LogP contribution in [0.25, 0.3) is 10.9 Å². The van der Waals surface area contributed by atoms with Gasteiger partial charge in [-0.2, -0.15) is 4.31 Å². The average molecular weight is 436 g/mol. The number of rotatable bonds is 2. The molecule has 3 aliphatic rings. The number of carbonyl (C=O) groups is 1. The minimum Gasteiger partial charge on any atom is -0.341 e. The van der Waals surface area contributed by atoms with Crippen LogP contribution in [0, 0.1) is 6.92 Å². The van der Waals surface area contributed by atoms with Gasteiger partial charge < -0.3 is 9.88 Å². The van der Waals surface area contributed by atoms with Crippen molar-refractivity contribution in [3.63, 3.8) is 0 Å². The summed E-state index contributed by atoms with van der Waals surface area (Å²) in [5.41, 5.74) is 6.59. The van der Waals surface area contributed by atoms with Gasteiger partial charge in [-0.25, -0.2) is 8.42 Å². The first-order chi connectivity index (χ1) is 14.9. The van der Waals surface area contributed by atoms with Crippen LogP contribution in [0.4, 0.5) is 5.69 Å². The van der Waals surface area contributed by atoms with Gasteiger partial charge in [-0.3, -0.25) is 4.79 Å². The van der Waals surface area contributed by atoms with Gasteiger partial charge in [0.1, 0.15) is 0 Å². The van der Waals surface area contributed by atoms with Gasteiger partial charge in [-0.05, 0) is 74.1 Å². The molecule has 2 aromatic carbocycles. The van der Waals surface area contributed by atoms with E-state index in [0.717, 1.165) is 30.5 Å². The molecule has 0 saturated heterocycles. The molecule has 7 heteroatoms. The maximum atomic E-state index is 13.8. The SMILES string of the molecule is Cc1ccc2c(c1)c1c3n2CCN(S(=O)(=O)c2ccc4c(c2)CCC(=O)N4)[C@@H]3CCC1. The van der Waals surface area contributed by atoms with Crippen molar-refractivity contribution in [1.82, 2.24) is 8.87 Å². The molecule has 0 radical (unpaired) electrons. The fraction of sp³-hybridized carbons (Fsp3) is 0.375. The van der Waals surface area contributed by atoms with E-state index in [1.165, 1.54) is 27.7 Å². The Labute approximate surface area is 181 Å². The Kier molecular flexibility index (Phi) is 4.11. The highest BCUT2D eigenvalue weighted by Gasteiger charge is 2.41. The Hall–Kier alpha value is -2.64. The van der Waals surface area contributed by atoms with Crippen molar-refractivity contribution in [2.75, 3.05) is 11.9 Å². The molecule has 1 aromatic heterocycles. The molecule has 1 aliphatic carbocycles. The Balaban J connectivity index is 1.44. The summed E-state index contributed by atoms with van der Waals surface area (Å²) in [6.45, 7) is 3.26. The molecule has 1 atom stereocenters. The number of sulfonamides is 1. The first-order valence-corrected chi connectivity index (χ1v) is 12.4. The summed E-state index contributed by atoms with van der Waals surface area (Å²) in [7, 11) is -3.63. The Morgan fingerprint density at radius 1 is 1.03 bits per heavy atom. The summed E-state index contributed by atoms with van der Waals surface area (Å²) in [5, 5.41) is 4.12. The number of benzene rings is 2. The Morgan fingerprint density at radius 3 is 2.77 bits per heavy atom. The van der Waals surface area contributed by atoms with Crippen LogP contribution >= 0.6 is 0 Å². The van der Waals surface area contributed by atoms with E-state index < -0.39 is 10.0 Å². The lowest BCUT2D eigenvalue weighted by Gasteiger charge is -2.39. The number of fused-ring (bicyclic) bond motifs is 4. The number of nitrogens with one attached hydrogen (secondary N) is 1. The summed E-state index contributed by atoms with van der Waals surface area (Å²) < 4.78 is 31.6. The van der Waals surface area contributed by atoms with Crippen molar-refractivity contribution in [2.24, 2.45) is 0 Å². The van der Waals surface area contributed by atoms with Gasteiger partial charge in [0.2, 0.25) is 15.9 Å². The third kappa shape index (κ3) is 2.79. The lowest BCUT2D eigenvalue weighted by atomic mass is 9.90. The minimum atomic E-state index is -3.63. The molecular weight excluding hydrogens is 410 g/mol. The smallest absolute Gasteiger partial charge is 0.243 e. The molecule has 3 aromatic rings. The predicted octanol–water partition coefficient (Wildman–Crippen LogP) is 3.92. The molecule has 31 heavy (non-hydrogen) atoms. The highest BCUT2D eigenvalue weighted by Crippen LogP contribution is 2.44. The average Bonchev–Trinajstić information content (AvgIpc) is 3.08. The predicted molar refractivity (Wildman–Crippen MR) is 120 cm³/mol. The molecule has 6 nitrogen and oxygen atoms in total. The second-order valence-electron chi connectivity index (χ2n) is 8.93. The quantitative estimate of drug-likeness (QED) is 0.663. The van der Waals surface area contributed by atoms with Crippen LogP contribution in [0.3, 0.4) is 0 Å². The minimum absolute atomic E-state index is 0.0167. The zero-order valence-corrected chi connectivity index (χ0v) is 18.3. The molecule has 0 spiro atoms. The van der Waals surface area contributed by atoms with Gasteiger partial charge in [-0.1, -0.05) is 11.6 Å².